The van der Waals surface area contributed by atoms with Gasteiger partial charge in [-0.15, -0.1) is 12.4 Å². The normalized spacial score (nSPS) is 21.9. The number of carbonyl (C=O) groups excluding carboxylic acids is 2. The Hall–Kier alpha value is -1.70. The highest BCUT2D eigenvalue weighted by molar-refractivity contribution is 8.18. The molecule has 1 aromatic carbocycles. The first kappa shape index (κ1) is 19.6. The highest BCUT2D eigenvalue weighted by Crippen LogP contribution is 2.37. The zero-order chi connectivity index (χ0) is 17.1. The van der Waals surface area contributed by atoms with Crippen LogP contribution in [0, 0.1) is 0 Å². The number of imide groups is 1. The van der Waals surface area contributed by atoms with E-state index in [4.69, 9.17) is 10.5 Å². The Bertz CT molecular complexity index is 696. The van der Waals surface area contributed by atoms with Crippen molar-refractivity contribution in [2.45, 2.75) is 25.8 Å². The molecule has 0 spiro atoms. The average Bonchev–Trinajstić information content (AvgIpc) is 2.85. The molecule has 0 bridgehead atoms. The van der Waals surface area contributed by atoms with Crippen LogP contribution >= 0.6 is 24.2 Å². The number of para-hydroxylation sites is 1. The molecule has 8 heteroatoms. The average molecular weight is 384 g/mol. The minimum Gasteiger partial charge on any atom is -0.492 e. The van der Waals surface area contributed by atoms with Crippen molar-refractivity contribution in [3.8, 4) is 5.75 Å². The molecule has 2 amide bonds. The molecule has 0 radical (unpaired) electrons. The first-order valence-corrected chi connectivity index (χ1v) is 8.91. The third-order valence-corrected chi connectivity index (χ3v) is 4.84. The van der Waals surface area contributed by atoms with Gasteiger partial charge in [-0.3, -0.25) is 14.9 Å². The number of ether oxygens (including phenoxy) is 1. The molecule has 2 fully saturated rings. The van der Waals surface area contributed by atoms with Gasteiger partial charge in [0.05, 0.1) is 17.2 Å². The predicted molar refractivity (Wildman–Crippen MR) is 103 cm³/mol. The molecule has 136 valence electrons. The highest BCUT2D eigenvalue weighted by Gasteiger charge is 2.27. The Morgan fingerprint density at radius 2 is 2.24 bits per heavy atom. The van der Waals surface area contributed by atoms with Gasteiger partial charge in [-0.25, -0.2) is 0 Å². The molecule has 3 N–H and O–H groups in total. The number of amides is 2. The minimum absolute atomic E-state index is 0. The van der Waals surface area contributed by atoms with Crippen LogP contribution in [-0.2, 0) is 4.79 Å². The van der Waals surface area contributed by atoms with E-state index in [-0.39, 0.29) is 29.6 Å². The summed E-state index contributed by atoms with van der Waals surface area (Å²) in [6.07, 6.45) is 3.78. The molecule has 2 aliphatic heterocycles. The number of hydrogen-bond donors (Lipinski definition) is 2. The van der Waals surface area contributed by atoms with Crippen LogP contribution in [0.1, 0.15) is 25.3 Å². The number of piperidine rings is 1. The van der Waals surface area contributed by atoms with Crippen molar-refractivity contribution >= 4 is 47.1 Å². The third kappa shape index (κ3) is 4.48. The van der Waals surface area contributed by atoms with E-state index in [1.165, 1.54) is 0 Å². The van der Waals surface area contributed by atoms with Crippen molar-refractivity contribution in [3.05, 3.63) is 28.7 Å². The molecule has 2 heterocycles. The topological polar surface area (TPSA) is 84.7 Å². The van der Waals surface area contributed by atoms with Crippen molar-refractivity contribution < 1.29 is 14.3 Å². The van der Waals surface area contributed by atoms with E-state index in [0.717, 1.165) is 54.7 Å². The van der Waals surface area contributed by atoms with E-state index >= 15 is 0 Å². The lowest BCUT2D eigenvalue weighted by atomic mass is 10.0. The quantitative estimate of drug-likeness (QED) is 0.778. The molecule has 25 heavy (non-hydrogen) atoms. The lowest BCUT2D eigenvalue weighted by Crippen LogP contribution is -2.43. The molecule has 0 aromatic heterocycles. The molecule has 1 aromatic rings. The number of nitrogens with zero attached hydrogens (tertiary/aromatic N) is 1. The van der Waals surface area contributed by atoms with Gasteiger partial charge in [-0.1, -0.05) is 12.1 Å². The molecule has 2 saturated heterocycles. The van der Waals surface area contributed by atoms with Crippen LogP contribution in [0.3, 0.4) is 0 Å². The van der Waals surface area contributed by atoms with Crippen molar-refractivity contribution in [1.29, 1.82) is 0 Å². The first-order valence-electron chi connectivity index (χ1n) is 8.09. The maximum absolute atomic E-state index is 11.9. The number of thioether (sulfide) groups is 1. The largest absolute Gasteiger partial charge is 0.492 e. The fraction of sp³-hybridized carbons (Fsp3) is 0.412. The minimum atomic E-state index is -0.354. The van der Waals surface area contributed by atoms with Crippen LogP contribution in [-0.4, -0.2) is 36.9 Å². The van der Waals surface area contributed by atoms with Crippen molar-refractivity contribution in [1.82, 2.24) is 5.32 Å². The maximum atomic E-state index is 11.9. The van der Waals surface area contributed by atoms with E-state index in [1.807, 2.05) is 25.1 Å². The van der Waals surface area contributed by atoms with Gasteiger partial charge < -0.3 is 15.4 Å². The first-order chi connectivity index (χ1) is 11.6. The SMILES string of the molecule is CCOc1cccc(C=C2SC(=O)NC2=O)c1N1CCC[C@@H](N)C1.Cl. The number of nitrogens with one attached hydrogen (secondary N) is 1. The Morgan fingerprint density at radius 3 is 2.88 bits per heavy atom. The standard InChI is InChI=1S/C17H21N3O3S.ClH/c1-2-23-13-7-3-5-11(9-14-16(21)19-17(22)24-14)15(13)20-8-4-6-12(18)10-20;/h3,5,7,9,12H,2,4,6,8,10,18H2,1H3,(H,19,21,22);1H/t12-;/m1./s1. The molecule has 0 saturated carbocycles. The highest BCUT2D eigenvalue weighted by atomic mass is 35.5. The van der Waals surface area contributed by atoms with Gasteiger partial charge >= 0.3 is 0 Å². The van der Waals surface area contributed by atoms with Crippen LogP contribution in [0.15, 0.2) is 23.1 Å². The number of halogens is 1. The number of carbonyl (C=O) groups is 2. The summed E-state index contributed by atoms with van der Waals surface area (Å²) in [6, 6.07) is 5.87. The molecular weight excluding hydrogens is 362 g/mol. The molecule has 0 aliphatic carbocycles. The van der Waals surface area contributed by atoms with Gasteiger partial charge in [0.15, 0.2) is 0 Å². The molecule has 0 unspecified atom stereocenters. The Labute approximate surface area is 157 Å². The monoisotopic (exact) mass is 383 g/mol. The zero-order valence-corrected chi connectivity index (χ0v) is 15.6. The lowest BCUT2D eigenvalue weighted by Gasteiger charge is -2.34. The predicted octanol–water partition coefficient (Wildman–Crippen LogP) is 2.76. The summed E-state index contributed by atoms with van der Waals surface area (Å²) in [7, 11) is 0. The molecular formula is C17H22ClN3O3S. The van der Waals surface area contributed by atoms with Gasteiger partial charge in [0.1, 0.15) is 5.75 Å². The second kappa shape index (κ2) is 8.60. The van der Waals surface area contributed by atoms with Crippen molar-refractivity contribution in [2.24, 2.45) is 5.73 Å². The summed E-state index contributed by atoms with van der Waals surface area (Å²) in [5, 5.41) is 1.95. The van der Waals surface area contributed by atoms with Crippen molar-refractivity contribution in [3.63, 3.8) is 0 Å². The number of rotatable bonds is 4. The lowest BCUT2D eigenvalue weighted by molar-refractivity contribution is -0.115. The summed E-state index contributed by atoms with van der Waals surface area (Å²) >= 11 is 0.921. The number of hydrogen-bond acceptors (Lipinski definition) is 6. The molecule has 2 aliphatic rings. The van der Waals surface area contributed by atoms with Crippen LogP contribution in [0.4, 0.5) is 10.5 Å². The Morgan fingerprint density at radius 1 is 1.44 bits per heavy atom. The van der Waals surface area contributed by atoms with Crippen molar-refractivity contribution in [2.75, 3.05) is 24.6 Å². The van der Waals surface area contributed by atoms with Gasteiger partial charge in [0, 0.05) is 24.7 Å². The van der Waals surface area contributed by atoms with E-state index in [2.05, 4.69) is 10.2 Å². The summed E-state index contributed by atoms with van der Waals surface area (Å²) in [6.45, 7) is 4.14. The van der Waals surface area contributed by atoms with Gasteiger partial charge in [-0.05, 0) is 43.7 Å². The van der Waals surface area contributed by atoms with Gasteiger partial charge in [0.25, 0.3) is 11.1 Å². The third-order valence-electron chi connectivity index (χ3n) is 4.03. The van der Waals surface area contributed by atoms with E-state index in [1.54, 1.807) is 6.08 Å². The fourth-order valence-electron chi connectivity index (χ4n) is 3.04. The summed E-state index contributed by atoms with van der Waals surface area (Å²) in [4.78, 5) is 25.9. The number of anilines is 1. The van der Waals surface area contributed by atoms with E-state index in [9.17, 15) is 9.59 Å². The van der Waals surface area contributed by atoms with E-state index < -0.39 is 0 Å². The van der Waals surface area contributed by atoms with Crippen LogP contribution in [0.25, 0.3) is 6.08 Å². The van der Waals surface area contributed by atoms with Crippen LogP contribution in [0.5, 0.6) is 5.75 Å². The second-order valence-electron chi connectivity index (χ2n) is 5.83. The summed E-state index contributed by atoms with van der Waals surface area (Å²) in [5.41, 5.74) is 7.93. The van der Waals surface area contributed by atoms with Gasteiger partial charge in [-0.2, -0.15) is 0 Å². The molecule has 6 nitrogen and oxygen atoms in total. The number of benzene rings is 1. The van der Waals surface area contributed by atoms with Crippen LogP contribution in [0.2, 0.25) is 0 Å². The Kier molecular flexibility index (Phi) is 6.75. The van der Waals surface area contributed by atoms with Crippen LogP contribution < -0.4 is 20.7 Å². The number of nitrogens with two attached hydrogens (primary N) is 1. The second-order valence-corrected chi connectivity index (χ2v) is 6.84. The summed E-state index contributed by atoms with van der Waals surface area (Å²) < 4.78 is 5.79. The molecule has 1 atom stereocenters. The van der Waals surface area contributed by atoms with Gasteiger partial charge in [0.2, 0.25) is 0 Å². The van der Waals surface area contributed by atoms with E-state index in [0.29, 0.717) is 11.5 Å². The Balaban J connectivity index is 0.00000225. The zero-order valence-electron chi connectivity index (χ0n) is 14.0. The smallest absolute Gasteiger partial charge is 0.290 e. The maximum Gasteiger partial charge on any atom is 0.290 e. The fourth-order valence-corrected chi connectivity index (χ4v) is 3.71. The molecule has 3 rings (SSSR count). The summed E-state index contributed by atoms with van der Waals surface area (Å²) in [5.74, 6) is 0.420.